The molecule has 7 rings (SSSR count). The number of esters is 1. The Kier molecular flexibility index (Phi) is 10.0. The van der Waals surface area contributed by atoms with E-state index in [1.54, 1.807) is 32.0 Å². The predicted molar refractivity (Wildman–Crippen MR) is 206 cm³/mol. The Morgan fingerprint density at radius 2 is 1.45 bits per heavy atom. The van der Waals surface area contributed by atoms with Gasteiger partial charge in [-0.15, -0.1) is 0 Å². The third-order valence-corrected chi connectivity index (χ3v) is 10.1. The molecule has 0 bridgehead atoms. The molecule has 1 saturated heterocycles. The van der Waals surface area contributed by atoms with Crippen molar-refractivity contribution in [1.29, 1.82) is 0 Å². The van der Waals surface area contributed by atoms with Crippen molar-refractivity contribution >= 4 is 46.3 Å². The van der Waals surface area contributed by atoms with Gasteiger partial charge in [0.2, 0.25) is 5.91 Å². The highest BCUT2D eigenvalue weighted by molar-refractivity contribution is 6.33. The molecule has 53 heavy (non-hydrogen) atoms. The number of rotatable bonds is 9. The van der Waals surface area contributed by atoms with Crippen molar-refractivity contribution in [3.63, 3.8) is 0 Å². The van der Waals surface area contributed by atoms with E-state index in [1.807, 2.05) is 77.5 Å². The quantitative estimate of drug-likeness (QED) is 0.114. The smallest absolute Gasteiger partial charge is 0.407 e. The Morgan fingerprint density at radius 3 is 2.02 bits per heavy atom. The summed E-state index contributed by atoms with van der Waals surface area (Å²) in [5.41, 5.74) is 4.27. The molecule has 2 amide bonds. The molecule has 10 heteroatoms. The Labute approximate surface area is 312 Å². The third kappa shape index (κ3) is 6.88. The van der Waals surface area contributed by atoms with E-state index in [1.165, 1.54) is 4.90 Å². The molecule has 0 saturated carbocycles. The van der Waals surface area contributed by atoms with Crippen LogP contribution in [0.15, 0.2) is 127 Å². The number of fused-ring (bicyclic) bond motifs is 1. The van der Waals surface area contributed by atoms with Crippen LogP contribution in [0.2, 0.25) is 5.02 Å². The Bertz CT molecular complexity index is 2180. The molecule has 2 N–H and O–H groups in total. The molecule has 1 atom stereocenters. The molecule has 5 aromatic carbocycles. The molecule has 1 aromatic heterocycles. The highest BCUT2D eigenvalue weighted by Crippen LogP contribution is 2.44. The van der Waals surface area contributed by atoms with Crippen LogP contribution in [0.25, 0.3) is 22.0 Å². The minimum absolute atomic E-state index is 0.0991. The number of hydrogen-bond acceptors (Lipinski definition) is 5. The number of piperidine rings is 1. The number of carboxylic acid groups (broad SMARTS) is 1. The van der Waals surface area contributed by atoms with Gasteiger partial charge in [0.15, 0.2) is 5.82 Å². The first-order valence-corrected chi connectivity index (χ1v) is 18.0. The molecule has 1 aliphatic heterocycles. The number of benzene rings is 5. The summed E-state index contributed by atoms with van der Waals surface area (Å²) in [5.74, 6) is -1.00. The van der Waals surface area contributed by atoms with Crippen LogP contribution in [-0.2, 0) is 15.1 Å². The predicted octanol–water partition coefficient (Wildman–Crippen LogP) is 9.09. The van der Waals surface area contributed by atoms with Crippen molar-refractivity contribution in [3.05, 3.63) is 155 Å². The largest absolute Gasteiger partial charge is 0.465 e. The lowest BCUT2D eigenvalue weighted by Crippen LogP contribution is -2.43. The first-order valence-electron chi connectivity index (χ1n) is 17.7. The van der Waals surface area contributed by atoms with Gasteiger partial charge >= 0.3 is 12.1 Å². The Morgan fingerprint density at radius 1 is 0.849 bits per heavy atom. The number of carbonyl (C=O) groups excluding carboxylic acids is 2. The highest BCUT2D eigenvalue weighted by Gasteiger charge is 2.41. The molecule has 0 spiro atoms. The van der Waals surface area contributed by atoms with Crippen LogP contribution >= 0.6 is 11.6 Å². The molecule has 9 nitrogen and oxygen atoms in total. The van der Waals surface area contributed by atoms with Crippen LogP contribution in [0.3, 0.4) is 0 Å². The maximum absolute atomic E-state index is 14.0. The summed E-state index contributed by atoms with van der Waals surface area (Å²) in [4.78, 5) is 40.0. The van der Waals surface area contributed by atoms with Gasteiger partial charge in [-0.2, -0.15) is 5.10 Å². The number of nitrogens with one attached hydrogen (secondary N) is 1. The van der Waals surface area contributed by atoms with E-state index < -0.39 is 23.5 Å². The van der Waals surface area contributed by atoms with E-state index >= 15 is 0 Å². The van der Waals surface area contributed by atoms with Crippen molar-refractivity contribution in [1.82, 2.24) is 14.7 Å². The fraction of sp³-hybridized carbons (Fsp3) is 0.209. The number of hydrogen-bond donors (Lipinski definition) is 2. The standard InChI is InChI=1S/C43H39ClN4O5/c1-28(2)53-41(50)30-20-22-37(44)35(26-30)29-21-23-38-36(25-29)39(45-40(49)31-13-12-24-47(27-31)42(51)52)46-48(38)43(32-14-6-3-7-15-32,33-16-8-4-9-17-33)34-18-10-5-11-19-34/h3-11,14-23,25-26,28,31H,12-13,24,27H2,1-2H3,(H,51,52)(H,45,46,49)/t31-/m1/s1. The number of ether oxygens (including phenoxy) is 1. The molecule has 1 fully saturated rings. The zero-order chi connectivity index (χ0) is 37.1. The van der Waals surface area contributed by atoms with Crippen LogP contribution in [-0.4, -0.2) is 57.0 Å². The topological polar surface area (TPSA) is 114 Å². The van der Waals surface area contributed by atoms with Gasteiger partial charge in [-0.3, -0.25) is 4.79 Å². The molecule has 0 unspecified atom stereocenters. The summed E-state index contributed by atoms with van der Waals surface area (Å²) in [6, 6.07) is 41.2. The fourth-order valence-electron chi connectivity index (χ4n) is 7.28. The number of likely N-dealkylation sites (tertiary alicyclic amines) is 1. The lowest BCUT2D eigenvalue weighted by Gasteiger charge is -2.37. The summed E-state index contributed by atoms with van der Waals surface area (Å²) in [5, 5.41) is 19.1. The van der Waals surface area contributed by atoms with Crippen LogP contribution in [0, 0.1) is 5.92 Å². The van der Waals surface area contributed by atoms with Crippen LogP contribution in [0.1, 0.15) is 53.7 Å². The number of aromatic nitrogens is 2. The summed E-state index contributed by atoms with van der Waals surface area (Å²) >= 11 is 6.78. The molecule has 6 aromatic rings. The van der Waals surface area contributed by atoms with Crippen molar-refractivity contribution in [2.75, 3.05) is 18.4 Å². The number of carbonyl (C=O) groups is 3. The molecular formula is C43H39ClN4O5. The SMILES string of the molecule is CC(C)OC(=O)c1ccc(Cl)c(-c2ccc3c(c2)c(NC(=O)[C@@H]2CCCN(C(=O)O)C2)nn3C(c2ccccc2)(c2ccccc2)c2ccccc2)c1. The van der Waals surface area contributed by atoms with Gasteiger partial charge in [0.05, 0.1) is 23.1 Å². The molecule has 0 radical (unpaired) electrons. The summed E-state index contributed by atoms with van der Waals surface area (Å²) in [6.07, 6.45) is -0.203. The average Bonchev–Trinajstić information content (AvgIpc) is 3.53. The fourth-order valence-corrected chi connectivity index (χ4v) is 7.50. The minimum atomic E-state index is -1.04. The van der Waals surface area contributed by atoms with Crippen LogP contribution in [0.5, 0.6) is 0 Å². The Hall–Kier alpha value is -5.93. The van der Waals surface area contributed by atoms with Gasteiger partial charge in [0.1, 0.15) is 5.54 Å². The Balaban J connectivity index is 1.47. The summed E-state index contributed by atoms with van der Waals surface area (Å²) < 4.78 is 7.43. The minimum Gasteiger partial charge on any atom is -0.465 e. The van der Waals surface area contributed by atoms with Crippen molar-refractivity contribution in [3.8, 4) is 11.1 Å². The third-order valence-electron chi connectivity index (χ3n) is 9.73. The lowest BCUT2D eigenvalue weighted by atomic mass is 9.77. The average molecular weight is 727 g/mol. The normalized spacial score (nSPS) is 14.6. The molecule has 1 aliphatic rings. The highest BCUT2D eigenvalue weighted by atomic mass is 35.5. The zero-order valence-electron chi connectivity index (χ0n) is 29.4. The summed E-state index contributed by atoms with van der Waals surface area (Å²) in [6.45, 7) is 4.08. The van der Waals surface area contributed by atoms with E-state index in [-0.39, 0.29) is 18.6 Å². The first-order chi connectivity index (χ1) is 25.7. The van der Waals surface area contributed by atoms with Gasteiger partial charge < -0.3 is 20.1 Å². The van der Waals surface area contributed by atoms with E-state index in [2.05, 4.69) is 41.7 Å². The van der Waals surface area contributed by atoms with Crippen molar-refractivity contribution < 1.29 is 24.2 Å². The molecule has 0 aliphatic carbocycles. The number of nitrogens with zero attached hydrogens (tertiary/aromatic N) is 3. The van der Waals surface area contributed by atoms with Crippen LogP contribution in [0.4, 0.5) is 10.6 Å². The molecular weight excluding hydrogens is 688 g/mol. The second-order valence-corrected chi connectivity index (χ2v) is 13.9. The van der Waals surface area contributed by atoms with Gasteiger partial charge in [0.25, 0.3) is 0 Å². The van der Waals surface area contributed by atoms with Gasteiger partial charge in [-0.1, -0.05) is 109 Å². The number of halogens is 1. The van der Waals surface area contributed by atoms with E-state index in [9.17, 15) is 19.5 Å². The molecule has 268 valence electrons. The monoisotopic (exact) mass is 726 g/mol. The van der Waals surface area contributed by atoms with Gasteiger partial charge in [0, 0.05) is 29.1 Å². The number of anilines is 1. The van der Waals surface area contributed by atoms with Gasteiger partial charge in [-0.05, 0) is 79.3 Å². The second kappa shape index (κ2) is 15.0. The van der Waals surface area contributed by atoms with E-state index in [0.717, 1.165) is 22.2 Å². The molecule has 2 heterocycles. The second-order valence-electron chi connectivity index (χ2n) is 13.5. The number of amides is 2. The lowest BCUT2D eigenvalue weighted by molar-refractivity contribution is -0.121. The summed E-state index contributed by atoms with van der Waals surface area (Å²) in [7, 11) is 0. The van der Waals surface area contributed by atoms with Gasteiger partial charge in [-0.25, -0.2) is 14.3 Å². The maximum atomic E-state index is 14.0. The van der Waals surface area contributed by atoms with Crippen molar-refractivity contribution in [2.45, 2.75) is 38.3 Å². The van der Waals surface area contributed by atoms with Crippen molar-refractivity contribution in [2.24, 2.45) is 5.92 Å². The van der Waals surface area contributed by atoms with E-state index in [4.69, 9.17) is 21.4 Å². The van der Waals surface area contributed by atoms with Crippen LogP contribution < -0.4 is 5.32 Å². The zero-order valence-corrected chi connectivity index (χ0v) is 30.2. The maximum Gasteiger partial charge on any atom is 0.407 e. The first kappa shape index (κ1) is 35.5. The van der Waals surface area contributed by atoms with E-state index in [0.29, 0.717) is 52.3 Å².